The number of hydrogen-bond acceptors (Lipinski definition) is 4. The van der Waals surface area contributed by atoms with Crippen LogP contribution in [0.15, 0.2) is 18.3 Å². The Morgan fingerprint density at radius 3 is 2.94 bits per heavy atom. The lowest BCUT2D eigenvalue weighted by Crippen LogP contribution is -2.13. The average Bonchev–Trinajstić information content (AvgIpc) is 2.69. The summed E-state index contributed by atoms with van der Waals surface area (Å²) in [5, 5.41) is 3.81. The van der Waals surface area contributed by atoms with E-state index in [4.69, 9.17) is 11.6 Å². The normalized spacial score (nSPS) is 10.4. The molecule has 0 bridgehead atoms. The van der Waals surface area contributed by atoms with Gasteiger partial charge in [0.15, 0.2) is 5.13 Å². The van der Waals surface area contributed by atoms with E-state index < -0.39 is 0 Å². The highest BCUT2D eigenvalue weighted by atomic mass is 35.5. The summed E-state index contributed by atoms with van der Waals surface area (Å²) in [6.07, 6.45) is 2.36. The fourth-order valence-electron chi connectivity index (χ4n) is 1.50. The van der Waals surface area contributed by atoms with Gasteiger partial charge in [-0.25, -0.2) is 4.98 Å². The van der Waals surface area contributed by atoms with E-state index >= 15 is 0 Å². The summed E-state index contributed by atoms with van der Waals surface area (Å²) in [6, 6.07) is 3.15. The maximum Gasteiger partial charge on any atom is 0.276 e. The van der Waals surface area contributed by atoms with Crippen molar-refractivity contribution >= 4 is 34.0 Å². The van der Waals surface area contributed by atoms with Crippen LogP contribution < -0.4 is 5.32 Å². The number of hydrogen-bond donors (Lipinski definition) is 1. The first kappa shape index (κ1) is 13.0. The van der Waals surface area contributed by atoms with Crippen molar-refractivity contribution < 1.29 is 4.79 Å². The molecule has 0 radical (unpaired) electrons. The van der Waals surface area contributed by atoms with Gasteiger partial charge in [0.25, 0.3) is 5.91 Å². The van der Waals surface area contributed by atoms with Gasteiger partial charge in [-0.05, 0) is 25.5 Å². The molecule has 94 valence electrons. The van der Waals surface area contributed by atoms with Crippen LogP contribution >= 0.6 is 22.9 Å². The molecule has 4 nitrogen and oxygen atoms in total. The van der Waals surface area contributed by atoms with E-state index in [9.17, 15) is 4.79 Å². The van der Waals surface area contributed by atoms with E-state index in [1.165, 1.54) is 23.6 Å². The molecule has 0 unspecified atom stereocenters. The maximum atomic E-state index is 11.9. The summed E-state index contributed by atoms with van der Waals surface area (Å²) >= 11 is 7.27. The highest BCUT2D eigenvalue weighted by molar-refractivity contribution is 7.15. The van der Waals surface area contributed by atoms with Gasteiger partial charge in [-0.1, -0.05) is 18.5 Å². The second kappa shape index (κ2) is 5.46. The van der Waals surface area contributed by atoms with E-state index in [-0.39, 0.29) is 11.6 Å². The van der Waals surface area contributed by atoms with E-state index in [2.05, 4.69) is 15.3 Å². The van der Waals surface area contributed by atoms with Crippen molar-refractivity contribution in [3.63, 3.8) is 0 Å². The smallest absolute Gasteiger partial charge is 0.276 e. The molecular formula is C12H12ClN3OS. The van der Waals surface area contributed by atoms with Crippen LogP contribution in [0.5, 0.6) is 0 Å². The number of halogens is 1. The molecule has 18 heavy (non-hydrogen) atoms. The van der Waals surface area contributed by atoms with Crippen LogP contribution in [0.25, 0.3) is 0 Å². The molecule has 0 atom stereocenters. The number of aromatic nitrogens is 2. The van der Waals surface area contributed by atoms with E-state index in [1.54, 1.807) is 6.07 Å². The zero-order valence-corrected chi connectivity index (χ0v) is 11.6. The van der Waals surface area contributed by atoms with Crippen molar-refractivity contribution in [2.45, 2.75) is 20.3 Å². The van der Waals surface area contributed by atoms with Gasteiger partial charge >= 0.3 is 0 Å². The highest BCUT2D eigenvalue weighted by Gasteiger charge is 2.12. The van der Waals surface area contributed by atoms with E-state index in [1.807, 2.05) is 13.8 Å². The van der Waals surface area contributed by atoms with Crippen molar-refractivity contribution in [1.29, 1.82) is 0 Å². The number of nitrogens with zero attached hydrogens (tertiary/aromatic N) is 2. The lowest BCUT2D eigenvalue weighted by Gasteiger charge is -2.00. The van der Waals surface area contributed by atoms with Crippen LogP contribution in [0.4, 0.5) is 5.13 Å². The Labute approximate surface area is 114 Å². The number of carbonyl (C=O) groups excluding carboxylic acids is 1. The van der Waals surface area contributed by atoms with Crippen molar-refractivity contribution in [2.75, 3.05) is 5.32 Å². The molecule has 1 amide bonds. The minimum atomic E-state index is -0.297. The topological polar surface area (TPSA) is 54.9 Å². The van der Waals surface area contributed by atoms with Crippen LogP contribution in [-0.4, -0.2) is 15.9 Å². The zero-order valence-electron chi connectivity index (χ0n) is 10.0. The third-order valence-corrected chi connectivity index (χ3v) is 3.57. The minimum absolute atomic E-state index is 0.286. The standard InChI is InChI=1S/C12H12ClN3OS/c1-3-9-7(2)18-12(15-9)16-11(17)10-6-8(13)4-5-14-10/h4-6H,3H2,1-2H3,(H,15,16,17). The summed E-state index contributed by atoms with van der Waals surface area (Å²) in [4.78, 5) is 21.3. The molecule has 2 rings (SSSR count). The summed E-state index contributed by atoms with van der Waals surface area (Å²) in [7, 11) is 0. The summed E-state index contributed by atoms with van der Waals surface area (Å²) in [5.41, 5.74) is 1.29. The van der Waals surface area contributed by atoms with Gasteiger partial charge in [-0.15, -0.1) is 11.3 Å². The van der Waals surface area contributed by atoms with Gasteiger partial charge < -0.3 is 0 Å². The third kappa shape index (κ3) is 2.86. The van der Waals surface area contributed by atoms with Gasteiger partial charge in [-0.3, -0.25) is 15.1 Å². The molecule has 0 aliphatic heterocycles. The molecular weight excluding hydrogens is 270 g/mol. The first-order valence-electron chi connectivity index (χ1n) is 5.49. The molecule has 0 fully saturated rings. The Kier molecular flexibility index (Phi) is 3.93. The second-order valence-corrected chi connectivity index (χ2v) is 5.33. The Morgan fingerprint density at radius 2 is 2.33 bits per heavy atom. The lowest BCUT2D eigenvalue weighted by molar-refractivity contribution is 0.102. The Bertz CT molecular complexity index is 582. The highest BCUT2D eigenvalue weighted by Crippen LogP contribution is 2.22. The average molecular weight is 282 g/mol. The fourth-order valence-corrected chi connectivity index (χ4v) is 2.56. The van der Waals surface area contributed by atoms with Gasteiger partial charge in [0, 0.05) is 16.1 Å². The third-order valence-electron chi connectivity index (χ3n) is 2.40. The predicted octanol–water partition coefficient (Wildman–Crippen LogP) is 3.31. The Morgan fingerprint density at radius 1 is 1.56 bits per heavy atom. The molecule has 0 saturated carbocycles. The molecule has 0 aliphatic rings. The fraction of sp³-hybridized carbons (Fsp3) is 0.250. The monoisotopic (exact) mass is 281 g/mol. The number of amides is 1. The van der Waals surface area contributed by atoms with Crippen LogP contribution in [0.1, 0.15) is 28.0 Å². The maximum absolute atomic E-state index is 11.9. The number of pyridine rings is 1. The van der Waals surface area contributed by atoms with Gasteiger partial charge in [0.05, 0.1) is 5.69 Å². The molecule has 0 spiro atoms. The Balaban J connectivity index is 2.16. The Hall–Kier alpha value is -1.46. The molecule has 0 aromatic carbocycles. The van der Waals surface area contributed by atoms with E-state index in [0.717, 1.165) is 17.0 Å². The number of anilines is 1. The predicted molar refractivity (Wildman–Crippen MR) is 73.4 cm³/mol. The van der Waals surface area contributed by atoms with Crippen molar-refractivity contribution in [1.82, 2.24) is 9.97 Å². The molecule has 6 heteroatoms. The summed E-state index contributed by atoms with van der Waals surface area (Å²) in [6.45, 7) is 4.02. The summed E-state index contributed by atoms with van der Waals surface area (Å²) < 4.78 is 0. The van der Waals surface area contributed by atoms with Crippen LogP contribution in [0.2, 0.25) is 5.02 Å². The molecule has 0 saturated heterocycles. The van der Waals surface area contributed by atoms with Gasteiger partial charge in [0.1, 0.15) is 5.69 Å². The molecule has 2 heterocycles. The quantitative estimate of drug-likeness (QED) is 0.939. The SMILES string of the molecule is CCc1nc(NC(=O)c2cc(Cl)ccn2)sc1C. The van der Waals surface area contributed by atoms with Gasteiger partial charge in [-0.2, -0.15) is 0 Å². The van der Waals surface area contributed by atoms with Crippen molar-refractivity contribution in [3.05, 3.63) is 39.6 Å². The minimum Gasteiger partial charge on any atom is -0.296 e. The van der Waals surface area contributed by atoms with Crippen molar-refractivity contribution in [2.24, 2.45) is 0 Å². The lowest BCUT2D eigenvalue weighted by atomic mass is 10.3. The van der Waals surface area contributed by atoms with Gasteiger partial charge in [0.2, 0.25) is 0 Å². The summed E-state index contributed by atoms with van der Waals surface area (Å²) in [5.74, 6) is -0.297. The van der Waals surface area contributed by atoms with Crippen LogP contribution in [0.3, 0.4) is 0 Å². The van der Waals surface area contributed by atoms with E-state index in [0.29, 0.717) is 10.2 Å². The number of rotatable bonds is 3. The second-order valence-electron chi connectivity index (χ2n) is 3.69. The first-order chi connectivity index (χ1) is 8.60. The van der Waals surface area contributed by atoms with Crippen LogP contribution in [-0.2, 0) is 6.42 Å². The molecule has 1 N–H and O–H groups in total. The molecule has 2 aromatic heterocycles. The molecule has 0 aliphatic carbocycles. The zero-order chi connectivity index (χ0) is 13.1. The number of carbonyl (C=O) groups is 1. The largest absolute Gasteiger partial charge is 0.296 e. The molecule has 2 aromatic rings. The number of thiazole rings is 1. The first-order valence-corrected chi connectivity index (χ1v) is 6.68. The van der Waals surface area contributed by atoms with Crippen LogP contribution in [0, 0.1) is 6.92 Å². The number of nitrogens with one attached hydrogen (secondary N) is 1. The van der Waals surface area contributed by atoms with Crippen molar-refractivity contribution in [3.8, 4) is 0 Å². The number of aryl methyl sites for hydroxylation is 2.